The lowest BCUT2D eigenvalue weighted by Gasteiger charge is -1.98. The largest absolute Gasteiger partial charge is 0.294 e. The maximum absolute atomic E-state index is 10.5. The van der Waals surface area contributed by atoms with Crippen LogP contribution in [0.3, 0.4) is 0 Å². The molecular weight excluding hydrogens is 119 g/mol. The molecule has 0 saturated carbocycles. The highest BCUT2D eigenvalue weighted by atomic mass is 31.1. The molecule has 2 heteroatoms. The fraction of sp³-hybridized carbons (Fsp3) is 0.500. The Morgan fingerprint density at radius 1 is 1.88 bits per heavy atom. The van der Waals surface area contributed by atoms with Crippen LogP contribution >= 0.6 is 7.92 Å². The molecule has 0 amide bonds. The van der Waals surface area contributed by atoms with Gasteiger partial charge in [0.2, 0.25) is 0 Å². The van der Waals surface area contributed by atoms with Crippen LogP contribution in [0.15, 0.2) is 11.9 Å². The van der Waals surface area contributed by atoms with Gasteiger partial charge in [0.05, 0.1) is 0 Å². The van der Waals surface area contributed by atoms with E-state index in [0.717, 1.165) is 12.3 Å². The molecule has 1 aliphatic rings. The summed E-state index contributed by atoms with van der Waals surface area (Å²) in [5, 5.41) is 0. The molecule has 0 bridgehead atoms. The van der Waals surface area contributed by atoms with Gasteiger partial charge in [-0.3, -0.25) is 4.79 Å². The Bertz CT molecular complexity index is 128. The Morgan fingerprint density at radius 2 is 2.62 bits per heavy atom. The Hall–Kier alpha value is -0.160. The summed E-state index contributed by atoms with van der Waals surface area (Å²) in [7, 11) is -0.0123. The number of hydrogen-bond donors (Lipinski definition) is 0. The normalized spacial score (nSPS) is 27.1. The van der Waals surface area contributed by atoms with Crippen LogP contribution in [0.4, 0.5) is 0 Å². The predicted molar refractivity (Wildman–Crippen MR) is 36.5 cm³/mol. The van der Waals surface area contributed by atoms with Crippen molar-refractivity contribution in [2.45, 2.75) is 6.92 Å². The third-order valence-electron chi connectivity index (χ3n) is 1.24. The summed E-state index contributed by atoms with van der Waals surface area (Å²) in [6.07, 6.45) is 3.69. The van der Waals surface area contributed by atoms with Gasteiger partial charge in [0.1, 0.15) is 0 Å². The molecule has 0 radical (unpaired) electrons. The molecule has 0 aromatic rings. The second-order valence-electron chi connectivity index (χ2n) is 1.85. The summed E-state index contributed by atoms with van der Waals surface area (Å²) in [5.41, 5.74) is 0. The average Bonchev–Trinajstić information content (AvgIpc) is 2.14. The van der Waals surface area contributed by atoms with Crippen molar-refractivity contribution in [1.29, 1.82) is 0 Å². The first-order valence-corrected chi connectivity index (χ1v) is 4.56. The first-order chi connectivity index (χ1) is 3.83. The Labute approximate surface area is 50.5 Å². The van der Waals surface area contributed by atoms with Crippen molar-refractivity contribution in [1.82, 2.24) is 0 Å². The summed E-state index contributed by atoms with van der Waals surface area (Å²) in [4.78, 5) is 10.5. The highest BCUT2D eigenvalue weighted by molar-refractivity contribution is 7.62. The summed E-state index contributed by atoms with van der Waals surface area (Å²) in [6, 6.07) is 0. The van der Waals surface area contributed by atoms with Crippen LogP contribution in [0.2, 0.25) is 0 Å². The molecule has 0 aromatic carbocycles. The zero-order valence-corrected chi connectivity index (χ0v) is 5.82. The number of ketones is 1. The lowest BCUT2D eigenvalue weighted by atomic mass is 10.5. The zero-order valence-electron chi connectivity index (χ0n) is 4.92. The van der Waals surface area contributed by atoms with E-state index in [1.165, 1.54) is 0 Å². The Morgan fingerprint density at radius 3 is 2.88 bits per heavy atom. The molecule has 1 nitrogen and oxygen atoms in total. The van der Waals surface area contributed by atoms with E-state index >= 15 is 0 Å². The highest BCUT2D eigenvalue weighted by Crippen LogP contribution is 2.40. The molecule has 0 spiro atoms. The second kappa shape index (κ2) is 2.41. The van der Waals surface area contributed by atoms with Gasteiger partial charge in [-0.25, -0.2) is 0 Å². The number of allylic oxidation sites excluding steroid dienone is 1. The first-order valence-electron chi connectivity index (χ1n) is 2.78. The lowest BCUT2D eigenvalue weighted by Crippen LogP contribution is -1.90. The molecule has 0 N–H and O–H groups in total. The first kappa shape index (κ1) is 5.97. The van der Waals surface area contributed by atoms with Gasteiger partial charge in [0.25, 0.3) is 0 Å². The van der Waals surface area contributed by atoms with Gasteiger partial charge in [-0.15, -0.1) is 0 Å². The molecule has 1 aliphatic heterocycles. The maximum Gasteiger partial charge on any atom is 0.160 e. The van der Waals surface area contributed by atoms with Crippen molar-refractivity contribution in [3.05, 3.63) is 11.9 Å². The summed E-state index contributed by atoms with van der Waals surface area (Å²) >= 11 is 0. The van der Waals surface area contributed by atoms with E-state index in [0.29, 0.717) is 5.78 Å². The van der Waals surface area contributed by atoms with E-state index in [1.807, 2.05) is 0 Å². The van der Waals surface area contributed by atoms with Crippen molar-refractivity contribution in [3.8, 4) is 0 Å². The number of rotatable bonds is 1. The van der Waals surface area contributed by atoms with Crippen LogP contribution in [-0.4, -0.2) is 18.1 Å². The smallest absolute Gasteiger partial charge is 0.160 e. The molecule has 1 unspecified atom stereocenters. The monoisotopic (exact) mass is 128 g/mol. The summed E-state index contributed by atoms with van der Waals surface area (Å²) in [5.74, 6) is 2.38. The minimum atomic E-state index is -0.0123. The SMILES string of the molecule is CCP1C=CC(=O)C1. The van der Waals surface area contributed by atoms with Gasteiger partial charge in [0, 0.05) is 6.16 Å². The van der Waals surface area contributed by atoms with E-state index in [9.17, 15) is 4.79 Å². The number of carbonyl (C=O) groups is 1. The molecule has 44 valence electrons. The third kappa shape index (κ3) is 1.16. The second-order valence-corrected chi connectivity index (χ2v) is 4.27. The molecular formula is C6H9OP. The molecule has 1 atom stereocenters. The fourth-order valence-corrected chi connectivity index (χ4v) is 2.13. The van der Waals surface area contributed by atoms with Gasteiger partial charge in [-0.2, -0.15) is 0 Å². The fourth-order valence-electron chi connectivity index (χ4n) is 0.711. The standard InChI is InChI=1S/C6H9OP/c1-2-8-4-3-6(7)5-8/h3-4H,2,5H2,1H3. The lowest BCUT2D eigenvalue weighted by molar-refractivity contribution is -0.112. The molecule has 0 fully saturated rings. The summed E-state index contributed by atoms with van der Waals surface area (Å²) in [6.45, 7) is 2.13. The van der Waals surface area contributed by atoms with Crippen molar-refractivity contribution >= 4 is 13.7 Å². The quantitative estimate of drug-likeness (QED) is 0.490. The van der Waals surface area contributed by atoms with Crippen LogP contribution in [0.25, 0.3) is 0 Å². The minimum absolute atomic E-state index is 0.0123. The molecule has 8 heavy (non-hydrogen) atoms. The van der Waals surface area contributed by atoms with Crippen molar-refractivity contribution < 1.29 is 4.79 Å². The highest BCUT2D eigenvalue weighted by Gasteiger charge is 2.11. The number of hydrogen-bond acceptors (Lipinski definition) is 1. The van der Waals surface area contributed by atoms with E-state index in [2.05, 4.69) is 12.7 Å². The molecule has 0 saturated heterocycles. The van der Waals surface area contributed by atoms with Gasteiger partial charge >= 0.3 is 0 Å². The van der Waals surface area contributed by atoms with E-state index < -0.39 is 0 Å². The van der Waals surface area contributed by atoms with E-state index in [-0.39, 0.29) is 7.92 Å². The maximum atomic E-state index is 10.5. The number of carbonyl (C=O) groups excluding carboxylic acids is 1. The van der Waals surface area contributed by atoms with Crippen LogP contribution in [-0.2, 0) is 4.79 Å². The Kier molecular flexibility index (Phi) is 1.80. The third-order valence-corrected chi connectivity index (χ3v) is 3.34. The minimum Gasteiger partial charge on any atom is -0.294 e. The zero-order chi connectivity index (χ0) is 5.98. The molecule has 1 rings (SSSR count). The van der Waals surface area contributed by atoms with Crippen LogP contribution in [0, 0.1) is 0 Å². The molecule has 0 aromatic heterocycles. The van der Waals surface area contributed by atoms with Gasteiger partial charge in [-0.05, 0) is 12.2 Å². The topological polar surface area (TPSA) is 17.1 Å². The molecule has 1 heterocycles. The van der Waals surface area contributed by atoms with Gasteiger partial charge in [0.15, 0.2) is 5.78 Å². The van der Waals surface area contributed by atoms with Gasteiger partial charge < -0.3 is 0 Å². The summed E-state index contributed by atoms with van der Waals surface area (Å²) < 4.78 is 0. The van der Waals surface area contributed by atoms with Crippen LogP contribution < -0.4 is 0 Å². The van der Waals surface area contributed by atoms with Crippen molar-refractivity contribution in [3.63, 3.8) is 0 Å². The van der Waals surface area contributed by atoms with Crippen molar-refractivity contribution in [2.24, 2.45) is 0 Å². The average molecular weight is 128 g/mol. The van der Waals surface area contributed by atoms with Crippen LogP contribution in [0.5, 0.6) is 0 Å². The van der Waals surface area contributed by atoms with Gasteiger partial charge in [-0.1, -0.05) is 20.7 Å². The van der Waals surface area contributed by atoms with E-state index in [1.54, 1.807) is 6.08 Å². The predicted octanol–water partition coefficient (Wildman–Crippen LogP) is 1.58. The van der Waals surface area contributed by atoms with E-state index in [4.69, 9.17) is 0 Å². The van der Waals surface area contributed by atoms with Crippen LogP contribution in [0.1, 0.15) is 6.92 Å². The van der Waals surface area contributed by atoms with Crippen molar-refractivity contribution in [2.75, 3.05) is 12.3 Å². The molecule has 0 aliphatic carbocycles. The Balaban J connectivity index is 2.46.